The van der Waals surface area contributed by atoms with Crippen LogP contribution in [-0.2, 0) is 14.8 Å². The van der Waals surface area contributed by atoms with Crippen molar-refractivity contribution in [1.29, 1.82) is 0 Å². The van der Waals surface area contributed by atoms with Gasteiger partial charge >= 0.3 is 0 Å². The zero-order chi connectivity index (χ0) is 20.9. The standard InChI is InChI=1S/C15H13ClN4O7S/c16-13-9-11(20(24)25)3-6-14(13)18-15(21)7-8-17-28(26,27)12-4-1-10(2-5-12)19(22)23/h1-6,9,17H,7-8H2,(H,18,21). The average Bonchev–Trinajstić information content (AvgIpc) is 2.63. The first-order chi connectivity index (χ1) is 13.1. The summed E-state index contributed by atoms with van der Waals surface area (Å²) in [4.78, 5) is 31.7. The molecule has 0 fully saturated rings. The Bertz CT molecular complexity index is 1030. The molecule has 28 heavy (non-hydrogen) atoms. The van der Waals surface area contributed by atoms with Crippen molar-refractivity contribution < 1.29 is 23.1 Å². The van der Waals surface area contributed by atoms with Gasteiger partial charge in [-0.3, -0.25) is 25.0 Å². The van der Waals surface area contributed by atoms with Gasteiger partial charge in [-0.15, -0.1) is 0 Å². The summed E-state index contributed by atoms with van der Waals surface area (Å²) < 4.78 is 26.4. The highest BCUT2D eigenvalue weighted by atomic mass is 35.5. The zero-order valence-electron chi connectivity index (χ0n) is 14.0. The number of anilines is 1. The summed E-state index contributed by atoms with van der Waals surface area (Å²) in [5, 5.41) is 23.6. The molecule has 2 N–H and O–H groups in total. The highest BCUT2D eigenvalue weighted by Crippen LogP contribution is 2.26. The Balaban J connectivity index is 1.92. The Morgan fingerprint density at radius 1 is 1.00 bits per heavy atom. The molecule has 0 bridgehead atoms. The third-order valence-corrected chi connectivity index (χ3v) is 5.23. The van der Waals surface area contributed by atoms with Gasteiger partial charge in [0.05, 0.1) is 25.5 Å². The van der Waals surface area contributed by atoms with E-state index in [0.717, 1.165) is 30.3 Å². The van der Waals surface area contributed by atoms with Crippen LogP contribution >= 0.6 is 11.6 Å². The van der Waals surface area contributed by atoms with Crippen molar-refractivity contribution in [1.82, 2.24) is 4.72 Å². The number of carbonyl (C=O) groups excluding carboxylic acids is 1. The number of non-ortho nitro benzene ring substituents is 2. The number of amides is 1. The van der Waals surface area contributed by atoms with Gasteiger partial charge in [0.15, 0.2) is 0 Å². The normalized spacial score (nSPS) is 11.0. The maximum atomic E-state index is 12.1. The lowest BCUT2D eigenvalue weighted by Crippen LogP contribution is -2.27. The molecular formula is C15H13ClN4O7S. The van der Waals surface area contributed by atoms with Gasteiger partial charge in [0.1, 0.15) is 0 Å². The summed E-state index contributed by atoms with van der Waals surface area (Å²) in [6.45, 7) is -0.240. The first-order valence-corrected chi connectivity index (χ1v) is 9.44. The Kier molecular flexibility index (Phi) is 6.62. The number of sulfonamides is 1. The van der Waals surface area contributed by atoms with Crippen LogP contribution in [0.25, 0.3) is 0 Å². The summed E-state index contributed by atoms with van der Waals surface area (Å²) >= 11 is 5.86. The van der Waals surface area contributed by atoms with Crippen LogP contribution in [0.4, 0.5) is 17.1 Å². The molecule has 0 saturated heterocycles. The van der Waals surface area contributed by atoms with E-state index in [-0.39, 0.29) is 39.9 Å². The zero-order valence-corrected chi connectivity index (χ0v) is 15.6. The Hall–Kier alpha value is -3.09. The second kappa shape index (κ2) is 8.73. The number of nitro groups is 2. The van der Waals surface area contributed by atoms with Gasteiger partial charge < -0.3 is 5.32 Å². The van der Waals surface area contributed by atoms with Crippen LogP contribution in [0.5, 0.6) is 0 Å². The number of benzene rings is 2. The second-order valence-electron chi connectivity index (χ2n) is 5.37. The van der Waals surface area contributed by atoms with Gasteiger partial charge in [-0.25, -0.2) is 13.1 Å². The van der Waals surface area contributed by atoms with E-state index in [1.54, 1.807) is 0 Å². The van der Waals surface area contributed by atoms with Gasteiger partial charge in [-0.2, -0.15) is 0 Å². The van der Waals surface area contributed by atoms with Crippen LogP contribution in [0.1, 0.15) is 6.42 Å². The van der Waals surface area contributed by atoms with Crippen molar-refractivity contribution in [2.24, 2.45) is 0 Å². The number of rotatable bonds is 8. The van der Waals surface area contributed by atoms with E-state index in [1.165, 1.54) is 12.1 Å². The third-order valence-electron chi connectivity index (χ3n) is 3.44. The summed E-state index contributed by atoms with van der Waals surface area (Å²) in [7, 11) is -3.95. The summed E-state index contributed by atoms with van der Waals surface area (Å²) in [5.41, 5.74) is -0.340. The Labute approximate surface area is 163 Å². The number of hydrogen-bond donors (Lipinski definition) is 2. The molecule has 0 radical (unpaired) electrons. The van der Waals surface area contributed by atoms with Gasteiger partial charge in [0.2, 0.25) is 15.9 Å². The fourth-order valence-corrected chi connectivity index (χ4v) is 3.31. The summed E-state index contributed by atoms with van der Waals surface area (Å²) in [6, 6.07) is 7.77. The molecule has 2 rings (SSSR count). The van der Waals surface area contributed by atoms with E-state index in [0.29, 0.717) is 0 Å². The molecule has 0 aliphatic heterocycles. The molecule has 0 aliphatic rings. The van der Waals surface area contributed by atoms with Crippen molar-refractivity contribution in [2.45, 2.75) is 11.3 Å². The van der Waals surface area contributed by atoms with Crippen LogP contribution in [0.15, 0.2) is 47.4 Å². The topological polar surface area (TPSA) is 162 Å². The molecule has 2 aromatic rings. The maximum absolute atomic E-state index is 12.1. The highest BCUT2D eigenvalue weighted by Gasteiger charge is 2.16. The predicted molar refractivity (Wildman–Crippen MR) is 99.6 cm³/mol. The number of hydrogen-bond acceptors (Lipinski definition) is 7. The first kappa shape index (κ1) is 21.2. The van der Waals surface area contributed by atoms with Gasteiger partial charge in [-0.05, 0) is 18.2 Å². The van der Waals surface area contributed by atoms with Crippen LogP contribution in [-0.4, -0.2) is 30.7 Å². The van der Waals surface area contributed by atoms with Crippen LogP contribution < -0.4 is 10.0 Å². The van der Waals surface area contributed by atoms with Crippen molar-refractivity contribution >= 4 is 44.6 Å². The molecular weight excluding hydrogens is 416 g/mol. The van der Waals surface area contributed by atoms with Crippen LogP contribution in [0.3, 0.4) is 0 Å². The predicted octanol–water partition coefficient (Wildman–Crippen LogP) is 2.46. The van der Waals surface area contributed by atoms with Gasteiger partial charge in [0, 0.05) is 37.2 Å². The van der Waals surface area contributed by atoms with E-state index < -0.39 is 25.8 Å². The van der Waals surface area contributed by atoms with Gasteiger partial charge in [0.25, 0.3) is 11.4 Å². The lowest BCUT2D eigenvalue weighted by molar-refractivity contribution is -0.385. The Morgan fingerprint density at radius 2 is 1.57 bits per heavy atom. The molecule has 2 aromatic carbocycles. The molecule has 13 heteroatoms. The minimum atomic E-state index is -3.95. The largest absolute Gasteiger partial charge is 0.325 e. The van der Waals surface area contributed by atoms with Gasteiger partial charge in [-0.1, -0.05) is 11.6 Å². The van der Waals surface area contributed by atoms with Crippen LogP contribution in [0, 0.1) is 20.2 Å². The fraction of sp³-hybridized carbons (Fsp3) is 0.133. The molecule has 148 valence electrons. The van der Waals surface area contributed by atoms with Crippen molar-refractivity contribution in [3.63, 3.8) is 0 Å². The lowest BCUT2D eigenvalue weighted by Gasteiger charge is -2.08. The first-order valence-electron chi connectivity index (χ1n) is 7.58. The van der Waals surface area contributed by atoms with E-state index >= 15 is 0 Å². The summed E-state index contributed by atoms with van der Waals surface area (Å²) in [6.07, 6.45) is -0.237. The average molecular weight is 429 g/mol. The van der Waals surface area contributed by atoms with E-state index in [9.17, 15) is 33.4 Å². The summed E-state index contributed by atoms with van der Waals surface area (Å²) in [5.74, 6) is -0.567. The SMILES string of the molecule is O=C(CCNS(=O)(=O)c1ccc([N+](=O)[O-])cc1)Nc1ccc([N+](=O)[O-])cc1Cl. The third kappa shape index (κ3) is 5.45. The molecule has 0 spiro atoms. The maximum Gasteiger partial charge on any atom is 0.271 e. The van der Waals surface area contributed by atoms with E-state index in [1.807, 2.05) is 0 Å². The monoisotopic (exact) mass is 428 g/mol. The highest BCUT2D eigenvalue weighted by molar-refractivity contribution is 7.89. The van der Waals surface area contributed by atoms with E-state index in [4.69, 9.17) is 11.6 Å². The Morgan fingerprint density at radius 3 is 2.11 bits per heavy atom. The number of carbonyl (C=O) groups is 1. The molecule has 0 atom stereocenters. The molecule has 0 saturated carbocycles. The smallest absolute Gasteiger partial charge is 0.271 e. The van der Waals surface area contributed by atoms with Crippen molar-refractivity contribution in [2.75, 3.05) is 11.9 Å². The number of nitrogens with one attached hydrogen (secondary N) is 2. The fourth-order valence-electron chi connectivity index (χ4n) is 2.06. The lowest BCUT2D eigenvalue weighted by atomic mass is 10.2. The number of nitro benzene ring substituents is 2. The van der Waals surface area contributed by atoms with Crippen LogP contribution in [0.2, 0.25) is 5.02 Å². The minimum absolute atomic E-state index is 0.0333. The quantitative estimate of drug-likeness (QED) is 0.481. The molecule has 0 heterocycles. The molecule has 0 aliphatic carbocycles. The molecule has 11 nitrogen and oxygen atoms in total. The second-order valence-corrected chi connectivity index (χ2v) is 7.54. The number of nitrogens with zero attached hydrogens (tertiary/aromatic N) is 2. The molecule has 0 unspecified atom stereocenters. The molecule has 0 aromatic heterocycles. The number of halogens is 1. The minimum Gasteiger partial charge on any atom is -0.325 e. The van der Waals surface area contributed by atoms with E-state index in [2.05, 4.69) is 10.0 Å². The van der Waals surface area contributed by atoms with Crippen molar-refractivity contribution in [3.8, 4) is 0 Å². The van der Waals surface area contributed by atoms with Crippen molar-refractivity contribution in [3.05, 3.63) is 67.7 Å². The molecule has 1 amide bonds.